The fraction of sp³-hybridized carbons (Fsp3) is 0.950. The fourth-order valence-electron chi connectivity index (χ4n) is 6.32. The molecule has 0 spiro atoms. The Hall–Kier alpha value is -1.10. The summed E-state index contributed by atoms with van der Waals surface area (Å²) in [6.45, 7) is 4.97. The van der Waals surface area contributed by atoms with E-state index in [1.807, 2.05) is 0 Å². The van der Waals surface area contributed by atoms with E-state index < -0.39 is 0 Å². The van der Waals surface area contributed by atoms with Gasteiger partial charge in [0.05, 0.1) is 0 Å². The largest absolute Gasteiger partial charge is 0.396 e. The van der Waals surface area contributed by atoms with Gasteiger partial charge in [0, 0.05) is 32.0 Å². The minimum Gasteiger partial charge on any atom is -0.396 e. The van der Waals surface area contributed by atoms with Crippen LogP contribution in [0.1, 0.15) is 226 Å². The number of aliphatic hydroxyl groups is 1. The second-order valence-corrected chi connectivity index (χ2v) is 14.0. The number of amides is 2. The quantitative estimate of drug-likeness (QED) is 0.0594. The van der Waals surface area contributed by atoms with Crippen molar-refractivity contribution in [2.45, 2.75) is 232 Å². The molecule has 45 heavy (non-hydrogen) atoms. The van der Waals surface area contributed by atoms with E-state index in [0.29, 0.717) is 25.8 Å². The molecule has 0 aliphatic rings. The molecule has 0 bridgehead atoms. The predicted octanol–water partition coefficient (Wildman–Crippen LogP) is 11.5. The van der Waals surface area contributed by atoms with Gasteiger partial charge in [-0.15, -0.1) is 0 Å². The highest BCUT2D eigenvalue weighted by atomic mass is 16.3. The number of nitrogens with one attached hydrogen (secondary N) is 2. The van der Waals surface area contributed by atoms with Gasteiger partial charge in [-0.3, -0.25) is 9.59 Å². The standard InChI is InChI=1S/C40H80N2O3/c1-3-5-7-9-11-13-15-17-19-21-23-25-27-29-31-33-39(44)41-37-38(35-36-43)42-40(45)34-32-30-28-26-24-22-20-18-16-14-12-10-8-6-4-2/h38,43H,3-37H2,1-2H3,(H,41,44)(H,42,45). The molecule has 2 amide bonds. The summed E-state index contributed by atoms with van der Waals surface area (Å²) in [7, 11) is 0. The summed E-state index contributed by atoms with van der Waals surface area (Å²) in [5.41, 5.74) is 0. The highest BCUT2D eigenvalue weighted by Crippen LogP contribution is 2.15. The van der Waals surface area contributed by atoms with Gasteiger partial charge in [0.15, 0.2) is 0 Å². The fourth-order valence-corrected chi connectivity index (χ4v) is 6.32. The molecule has 0 heterocycles. The molecule has 0 aromatic heterocycles. The van der Waals surface area contributed by atoms with Gasteiger partial charge in [-0.1, -0.05) is 194 Å². The lowest BCUT2D eigenvalue weighted by Crippen LogP contribution is -2.44. The summed E-state index contributed by atoms with van der Waals surface area (Å²) >= 11 is 0. The van der Waals surface area contributed by atoms with Gasteiger partial charge < -0.3 is 15.7 Å². The molecular weight excluding hydrogens is 556 g/mol. The van der Waals surface area contributed by atoms with Gasteiger partial charge in [0.2, 0.25) is 11.8 Å². The molecular formula is C40H80N2O3. The highest BCUT2D eigenvalue weighted by Gasteiger charge is 2.13. The summed E-state index contributed by atoms with van der Waals surface area (Å²) in [5.74, 6) is 0.101. The maximum Gasteiger partial charge on any atom is 0.220 e. The first-order valence-electron chi connectivity index (χ1n) is 20.3. The van der Waals surface area contributed by atoms with Crippen LogP contribution in [0.3, 0.4) is 0 Å². The second kappa shape index (κ2) is 37.4. The topological polar surface area (TPSA) is 78.4 Å². The molecule has 0 aliphatic heterocycles. The molecule has 0 saturated carbocycles. The Labute approximate surface area is 281 Å². The molecule has 0 rings (SSSR count). The third-order valence-electron chi connectivity index (χ3n) is 9.40. The highest BCUT2D eigenvalue weighted by molar-refractivity contribution is 5.77. The number of carbonyl (C=O) groups excluding carboxylic acids is 2. The lowest BCUT2D eigenvalue weighted by atomic mass is 10.0. The van der Waals surface area contributed by atoms with Gasteiger partial charge in [0.25, 0.3) is 0 Å². The molecule has 5 heteroatoms. The van der Waals surface area contributed by atoms with E-state index in [9.17, 15) is 14.7 Å². The van der Waals surface area contributed by atoms with Crippen molar-refractivity contribution in [3.63, 3.8) is 0 Å². The number of carbonyl (C=O) groups is 2. The zero-order valence-corrected chi connectivity index (χ0v) is 30.6. The maximum absolute atomic E-state index is 12.4. The average molecular weight is 637 g/mol. The SMILES string of the molecule is CCCCCCCCCCCCCCCCCC(=O)NCC(CCO)NC(=O)CCCCCCCCCCCCCCCCC. The Morgan fingerprint density at radius 3 is 1.04 bits per heavy atom. The molecule has 0 saturated heterocycles. The van der Waals surface area contributed by atoms with E-state index in [2.05, 4.69) is 24.5 Å². The van der Waals surface area contributed by atoms with Gasteiger partial charge >= 0.3 is 0 Å². The first kappa shape index (κ1) is 43.9. The minimum atomic E-state index is -0.191. The van der Waals surface area contributed by atoms with Crippen molar-refractivity contribution in [1.29, 1.82) is 0 Å². The first-order valence-corrected chi connectivity index (χ1v) is 20.3. The van der Waals surface area contributed by atoms with Gasteiger partial charge in [-0.2, -0.15) is 0 Å². The molecule has 5 nitrogen and oxygen atoms in total. The van der Waals surface area contributed by atoms with Gasteiger partial charge in [-0.25, -0.2) is 0 Å². The van der Waals surface area contributed by atoms with Crippen LogP contribution in [0, 0.1) is 0 Å². The maximum atomic E-state index is 12.4. The van der Waals surface area contributed by atoms with Crippen molar-refractivity contribution in [3.05, 3.63) is 0 Å². The van der Waals surface area contributed by atoms with E-state index >= 15 is 0 Å². The zero-order valence-electron chi connectivity index (χ0n) is 30.6. The monoisotopic (exact) mass is 637 g/mol. The Bertz CT molecular complexity index is 612. The molecule has 0 aromatic carbocycles. The number of hydrogen-bond acceptors (Lipinski definition) is 3. The van der Waals surface area contributed by atoms with E-state index in [1.165, 1.54) is 167 Å². The Balaban J connectivity index is 3.59. The van der Waals surface area contributed by atoms with Crippen LogP contribution in [-0.2, 0) is 9.59 Å². The summed E-state index contributed by atoms with van der Waals surface area (Å²) in [6, 6.07) is -0.191. The summed E-state index contributed by atoms with van der Waals surface area (Å²) < 4.78 is 0. The molecule has 1 atom stereocenters. The van der Waals surface area contributed by atoms with E-state index in [0.717, 1.165) is 25.7 Å². The second-order valence-electron chi connectivity index (χ2n) is 14.0. The van der Waals surface area contributed by atoms with Gasteiger partial charge in [-0.05, 0) is 19.3 Å². The molecule has 0 aliphatic carbocycles. The molecule has 3 N–H and O–H groups in total. The van der Waals surface area contributed by atoms with E-state index in [4.69, 9.17) is 0 Å². The Kier molecular flexibility index (Phi) is 36.4. The van der Waals surface area contributed by atoms with Crippen LogP contribution < -0.4 is 10.6 Å². The Morgan fingerprint density at radius 2 is 0.733 bits per heavy atom. The number of rotatable bonds is 37. The lowest BCUT2D eigenvalue weighted by molar-refractivity contribution is -0.123. The number of hydrogen-bond donors (Lipinski definition) is 3. The van der Waals surface area contributed by atoms with Crippen molar-refractivity contribution in [2.24, 2.45) is 0 Å². The summed E-state index contributed by atoms with van der Waals surface area (Å²) in [4.78, 5) is 24.7. The van der Waals surface area contributed by atoms with Gasteiger partial charge in [0.1, 0.15) is 0 Å². The molecule has 268 valence electrons. The van der Waals surface area contributed by atoms with E-state index in [1.54, 1.807) is 0 Å². The van der Waals surface area contributed by atoms with Crippen LogP contribution in [0.2, 0.25) is 0 Å². The van der Waals surface area contributed by atoms with Crippen molar-refractivity contribution >= 4 is 11.8 Å². The predicted molar refractivity (Wildman–Crippen MR) is 196 cm³/mol. The lowest BCUT2D eigenvalue weighted by Gasteiger charge is -2.18. The van der Waals surface area contributed by atoms with Crippen molar-refractivity contribution < 1.29 is 14.7 Å². The average Bonchev–Trinajstić information content (AvgIpc) is 3.03. The third-order valence-corrected chi connectivity index (χ3v) is 9.40. The molecule has 0 radical (unpaired) electrons. The normalized spacial score (nSPS) is 12.0. The van der Waals surface area contributed by atoms with Crippen LogP contribution in [0.5, 0.6) is 0 Å². The van der Waals surface area contributed by atoms with Crippen LogP contribution in [0.15, 0.2) is 0 Å². The van der Waals surface area contributed by atoms with Crippen molar-refractivity contribution in [1.82, 2.24) is 10.6 Å². The van der Waals surface area contributed by atoms with Crippen molar-refractivity contribution in [2.75, 3.05) is 13.2 Å². The van der Waals surface area contributed by atoms with Crippen LogP contribution in [0.4, 0.5) is 0 Å². The minimum absolute atomic E-state index is 0.0127. The smallest absolute Gasteiger partial charge is 0.220 e. The summed E-state index contributed by atoms with van der Waals surface area (Å²) in [6.07, 6.45) is 41.1. The molecule has 0 aromatic rings. The van der Waals surface area contributed by atoms with E-state index in [-0.39, 0.29) is 24.5 Å². The van der Waals surface area contributed by atoms with Crippen molar-refractivity contribution in [3.8, 4) is 0 Å². The Morgan fingerprint density at radius 1 is 0.444 bits per heavy atom. The summed E-state index contributed by atoms with van der Waals surface area (Å²) in [5, 5.41) is 15.4. The molecule has 0 fully saturated rings. The number of aliphatic hydroxyl groups excluding tert-OH is 1. The van der Waals surface area contributed by atoms with Crippen LogP contribution >= 0.6 is 0 Å². The zero-order chi connectivity index (χ0) is 32.9. The third kappa shape index (κ3) is 35.6. The molecule has 1 unspecified atom stereocenters. The first-order chi connectivity index (χ1) is 22.1. The van der Waals surface area contributed by atoms with Crippen LogP contribution in [-0.4, -0.2) is 36.1 Å². The number of unbranched alkanes of at least 4 members (excludes halogenated alkanes) is 28. The van der Waals surface area contributed by atoms with Crippen LogP contribution in [0.25, 0.3) is 0 Å².